The number of hydrogen-bond donors (Lipinski definition) is 3. The van der Waals surface area contributed by atoms with Crippen LogP contribution in [0.25, 0.3) is 11.1 Å². The second-order valence-electron chi connectivity index (χ2n) is 5.86. The van der Waals surface area contributed by atoms with E-state index in [1.54, 1.807) is 24.3 Å². The van der Waals surface area contributed by atoms with Crippen molar-refractivity contribution >= 4 is 34.3 Å². The van der Waals surface area contributed by atoms with Crippen molar-refractivity contribution in [1.82, 2.24) is 0 Å². The highest BCUT2D eigenvalue weighted by molar-refractivity contribution is 7.81. The van der Waals surface area contributed by atoms with Crippen LogP contribution in [0.2, 0.25) is 0 Å². The van der Waals surface area contributed by atoms with Gasteiger partial charge in [0.2, 0.25) is 0 Å². The summed E-state index contributed by atoms with van der Waals surface area (Å²) in [7, 11) is 0. The van der Waals surface area contributed by atoms with Gasteiger partial charge in [-0.05, 0) is 35.9 Å². The fourth-order valence-corrected chi connectivity index (χ4v) is 3.42. The fraction of sp³-hybridized carbons (Fsp3) is 0. The first kappa shape index (κ1) is 20.0. The number of carboxylic acid groups (broad SMARTS) is 1. The lowest BCUT2D eigenvalue weighted by molar-refractivity contribution is -0.384. The molecule has 0 aliphatic heterocycles. The van der Waals surface area contributed by atoms with Crippen LogP contribution in [0, 0.1) is 10.1 Å². The summed E-state index contributed by atoms with van der Waals surface area (Å²) in [6, 6.07) is 15.7. The van der Waals surface area contributed by atoms with Gasteiger partial charge in [-0.25, -0.2) is 13.3 Å². The molecule has 148 valence electrons. The van der Waals surface area contributed by atoms with E-state index in [9.17, 15) is 28.8 Å². The SMILES string of the molecule is O=C(O)c1ccc(N(c2cccc(-c3ccccc3[N+](=O)[O-])c2)S(=O)O)cc1O. The van der Waals surface area contributed by atoms with E-state index >= 15 is 0 Å². The lowest BCUT2D eigenvalue weighted by Gasteiger charge is -2.21. The molecule has 3 aromatic rings. The summed E-state index contributed by atoms with van der Waals surface area (Å²) in [5.41, 5.74) is 0.566. The zero-order chi connectivity index (χ0) is 21.1. The zero-order valence-electron chi connectivity index (χ0n) is 14.6. The van der Waals surface area contributed by atoms with E-state index in [1.165, 1.54) is 30.3 Å². The van der Waals surface area contributed by atoms with Gasteiger partial charge in [-0.15, -0.1) is 0 Å². The molecule has 0 bridgehead atoms. The number of para-hydroxylation sites is 1. The number of aromatic hydroxyl groups is 1. The molecule has 0 saturated carbocycles. The fourth-order valence-electron chi connectivity index (χ4n) is 2.83. The molecular weight excluding hydrogens is 400 g/mol. The molecule has 0 radical (unpaired) electrons. The number of nitro benzene ring substituents is 1. The molecule has 10 heteroatoms. The molecule has 3 N–H and O–H groups in total. The Balaban J connectivity index is 2.10. The van der Waals surface area contributed by atoms with Crippen LogP contribution >= 0.6 is 0 Å². The minimum absolute atomic E-state index is 0.0630. The smallest absolute Gasteiger partial charge is 0.339 e. The van der Waals surface area contributed by atoms with Crippen LogP contribution in [0.4, 0.5) is 17.1 Å². The highest BCUT2D eigenvalue weighted by Gasteiger charge is 2.20. The Labute approximate surface area is 167 Å². The molecule has 0 saturated heterocycles. The topological polar surface area (TPSA) is 141 Å². The van der Waals surface area contributed by atoms with Gasteiger partial charge in [0.15, 0.2) is 0 Å². The van der Waals surface area contributed by atoms with Crippen molar-refractivity contribution in [1.29, 1.82) is 0 Å². The van der Waals surface area contributed by atoms with Crippen LogP contribution in [0.1, 0.15) is 10.4 Å². The largest absolute Gasteiger partial charge is 0.507 e. The van der Waals surface area contributed by atoms with Crippen molar-refractivity contribution in [3.8, 4) is 16.9 Å². The van der Waals surface area contributed by atoms with Gasteiger partial charge in [0, 0.05) is 12.1 Å². The van der Waals surface area contributed by atoms with E-state index in [0.29, 0.717) is 11.1 Å². The van der Waals surface area contributed by atoms with E-state index < -0.39 is 27.9 Å². The van der Waals surface area contributed by atoms with Crippen molar-refractivity contribution in [2.75, 3.05) is 4.31 Å². The number of aromatic carboxylic acids is 1. The summed E-state index contributed by atoms with van der Waals surface area (Å²) in [4.78, 5) is 21.8. The standard InChI is InChI=1S/C19H14N2O7S/c22-18-11-14(8-9-16(18)19(23)24)20(29(27)28)13-5-3-4-12(10-13)15-6-1-2-7-17(15)21(25)26/h1-11,22H,(H,23,24)(H,27,28). The molecule has 9 nitrogen and oxygen atoms in total. The maximum atomic E-state index is 12.0. The van der Waals surface area contributed by atoms with Gasteiger partial charge in [0.1, 0.15) is 11.3 Å². The highest BCUT2D eigenvalue weighted by atomic mass is 32.2. The number of benzene rings is 3. The van der Waals surface area contributed by atoms with Gasteiger partial charge < -0.3 is 10.2 Å². The molecule has 0 aromatic heterocycles. The summed E-state index contributed by atoms with van der Waals surface area (Å²) in [5.74, 6) is -1.91. The monoisotopic (exact) mass is 414 g/mol. The molecule has 0 spiro atoms. The molecule has 29 heavy (non-hydrogen) atoms. The van der Waals surface area contributed by atoms with Crippen LogP contribution in [-0.2, 0) is 11.3 Å². The van der Waals surface area contributed by atoms with Crippen LogP contribution in [0.15, 0.2) is 66.7 Å². The second kappa shape index (κ2) is 8.09. The third-order valence-electron chi connectivity index (χ3n) is 4.09. The van der Waals surface area contributed by atoms with Gasteiger partial charge >= 0.3 is 5.97 Å². The first-order valence-corrected chi connectivity index (χ1v) is 9.17. The number of nitrogens with zero attached hydrogens (tertiary/aromatic N) is 2. The Morgan fingerprint density at radius 3 is 2.31 bits per heavy atom. The summed E-state index contributed by atoms with van der Waals surface area (Å²) in [6.45, 7) is 0. The number of hydrogen-bond acceptors (Lipinski definition) is 5. The van der Waals surface area contributed by atoms with Crippen molar-refractivity contribution in [3.63, 3.8) is 0 Å². The second-order valence-corrected chi connectivity index (χ2v) is 6.68. The van der Waals surface area contributed by atoms with Crippen molar-refractivity contribution in [2.45, 2.75) is 0 Å². The molecule has 0 amide bonds. The van der Waals surface area contributed by atoms with Gasteiger partial charge in [-0.2, -0.15) is 0 Å². The van der Waals surface area contributed by atoms with Gasteiger partial charge in [-0.3, -0.25) is 14.7 Å². The Morgan fingerprint density at radius 1 is 1.00 bits per heavy atom. The zero-order valence-corrected chi connectivity index (χ0v) is 15.4. The highest BCUT2D eigenvalue weighted by Crippen LogP contribution is 2.35. The van der Waals surface area contributed by atoms with E-state index in [4.69, 9.17) is 5.11 Å². The maximum Gasteiger partial charge on any atom is 0.339 e. The molecule has 0 aliphatic rings. The predicted octanol–water partition coefficient (Wildman–Crippen LogP) is 3.94. The van der Waals surface area contributed by atoms with Crippen molar-refractivity contribution in [3.05, 3.63) is 82.4 Å². The molecule has 3 rings (SSSR count). The van der Waals surface area contributed by atoms with Gasteiger partial charge in [-0.1, -0.05) is 24.3 Å². The molecule has 3 aromatic carbocycles. The van der Waals surface area contributed by atoms with Crippen molar-refractivity contribution < 1.29 is 28.7 Å². The maximum absolute atomic E-state index is 12.0. The number of phenols is 1. The third-order valence-corrected chi connectivity index (χ3v) is 4.83. The summed E-state index contributed by atoms with van der Waals surface area (Å²) < 4.78 is 22.7. The lowest BCUT2D eigenvalue weighted by atomic mass is 10.0. The van der Waals surface area contributed by atoms with Gasteiger partial charge in [0.05, 0.1) is 21.9 Å². The van der Waals surface area contributed by atoms with Crippen LogP contribution in [-0.4, -0.2) is 29.9 Å². The minimum atomic E-state index is -2.57. The average Bonchev–Trinajstić information content (AvgIpc) is 2.68. The number of nitro groups is 1. The molecular formula is C19H14N2O7S. The first-order chi connectivity index (χ1) is 13.8. The molecule has 1 atom stereocenters. The number of anilines is 2. The molecule has 0 heterocycles. The summed E-state index contributed by atoms with van der Waals surface area (Å²) >= 11 is -2.57. The third kappa shape index (κ3) is 4.08. The quantitative estimate of drug-likeness (QED) is 0.315. The molecule has 1 unspecified atom stereocenters. The Kier molecular flexibility index (Phi) is 5.57. The number of carboxylic acids is 1. The Morgan fingerprint density at radius 2 is 1.69 bits per heavy atom. The average molecular weight is 414 g/mol. The van der Waals surface area contributed by atoms with Crippen LogP contribution in [0.3, 0.4) is 0 Å². The summed E-state index contributed by atoms with van der Waals surface area (Å²) in [5, 5.41) is 30.2. The lowest BCUT2D eigenvalue weighted by Crippen LogP contribution is -2.19. The van der Waals surface area contributed by atoms with E-state index in [-0.39, 0.29) is 22.6 Å². The van der Waals surface area contributed by atoms with E-state index in [1.807, 2.05) is 0 Å². The molecule has 0 fully saturated rings. The predicted molar refractivity (Wildman–Crippen MR) is 107 cm³/mol. The summed E-state index contributed by atoms with van der Waals surface area (Å²) in [6.07, 6.45) is 0. The van der Waals surface area contributed by atoms with Crippen LogP contribution < -0.4 is 4.31 Å². The Hall–Kier alpha value is -3.76. The number of rotatable bonds is 6. The van der Waals surface area contributed by atoms with E-state index in [2.05, 4.69) is 0 Å². The Bertz CT molecular complexity index is 1130. The van der Waals surface area contributed by atoms with E-state index in [0.717, 1.165) is 16.4 Å². The normalized spacial score (nSPS) is 11.6. The van der Waals surface area contributed by atoms with Crippen molar-refractivity contribution in [2.24, 2.45) is 0 Å². The van der Waals surface area contributed by atoms with Gasteiger partial charge in [0.25, 0.3) is 17.0 Å². The minimum Gasteiger partial charge on any atom is -0.507 e. The molecule has 0 aliphatic carbocycles. The first-order valence-electron chi connectivity index (χ1n) is 8.11. The van der Waals surface area contributed by atoms with Crippen LogP contribution in [0.5, 0.6) is 5.75 Å². The number of carbonyl (C=O) groups is 1.